The zero-order valence-corrected chi connectivity index (χ0v) is 15.4. The van der Waals surface area contributed by atoms with Gasteiger partial charge < -0.3 is 9.73 Å². The summed E-state index contributed by atoms with van der Waals surface area (Å²) in [5.41, 5.74) is 7.90. The van der Waals surface area contributed by atoms with Crippen LogP contribution in [0, 0.1) is 6.92 Å². The van der Waals surface area contributed by atoms with Crippen LogP contribution in [0.1, 0.15) is 16.1 Å². The first-order valence-electron chi connectivity index (χ1n) is 7.81. The van der Waals surface area contributed by atoms with Crippen LogP contribution in [-0.4, -0.2) is 11.0 Å². The minimum atomic E-state index is -0.431. The third kappa shape index (κ3) is 4.41. The molecule has 0 unspecified atom stereocenters. The molecule has 0 aliphatic rings. The number of rotatable bonds is 3. The van der Waals surface area contributed by atoms with E-state index in [0.29, 0.717) is 10.8 Å². The first-order valence-corrected chi connectivity index (χ1v) is 8.60. The monoisotopic (exact) mass is 385 g/mol. The number of furan rings is 1. The Morgan fingerprint density at radius 2 is 1.73 bits per heavy atom. The highest BCUT2D eigenvalue weighted by molar-refractivity contribution is 7.80. The summed E-state index contributed by atoms with van der Waals surface area (Å²) in [6.07, 6.45) is 0. The molecule has 3 rings (SSSR count). The van der Waals surface area contributed by atoms with Gasteiger partial charge in [-0.25, -0.2) is 0 Å². The predicted molar refractivity (Wildman–Crippen MR) is 107 cm³/mol. The fraction of sp³-hybridized carbons (Fsp3) is 0.0526. The van der Waals surface area contributed by atoms with Crippen molar-refractivity contribution in [1.29, 1.82) is 0 Å². The Labute approximate surface area is 161 Å². The van der Waals surface area contributed by atoms with Gasteiger partial charge in [-0.15, -0.1) is 0 Å². The van der Waals surface area contributed by atoms with E-state index in [1.54, 1.807) is 24.3 Å². The second kappa shape index (κ2) is 8.03. The molecular formula is C19H16ClN3O2S. The number of hydrogen-bond donors (Lipinski definition) is 3. The minimum Gasteiger partial charge on any atom is -0.451 e. The highest BCUT2D eigenvalue weighted by atomic mass is 35.5. The highest BCUT2D eigenvalue weighted by Gasteiger charge is 2.12. The first-order chi connectivity index (χ1) is 12.5. The molecule has 0 atom stereocenters. The van der Waals surface area contributed by atoms with E-state index in [2.05, 4.69) is 16.2 Å². The summed E-state index contributed by atoms with van der Waals surface area (Å²) in [6, 6.07) is 18.2. The molecule has 0 saturated heterocycles. The standard InChI is InChI=1S/C19H16ClN3O2S/c1-12-4-2-3-5-15(12)21-19(26)23-22-18(24)17-11-10-16(25-17)13-6-8-14(20)9-7-13/h2-11H,1H3,(H,22,24)(H2,21,23,26). The van der Waals surface area contributed by atoms with E-state index >= 15 is 0 Å². The Morgan fingerprint density at radius 1 is 1.00 bits per heavy atom. The van der Waals surface area contributed by atoms with Gasteiger partial charge in [0.2, 0.25) is 0 Å². The quantitative estimate of drug-likeness (QED) is 0.456. The molecule has 3 N–H and O–H groups in total. The first kappa shape index (κ1) is 18.0. The molecule has 0 saturated carbocycles. The smallest absolute Gasteiger partial charge is 0.305 e. The van der Waals surface area contributed by atoms with E-state index in [0.717, 1.165) is 16.8 Å². The molecule has 1 amide bonds. The average molecular weight is 386 g/mol. The molecule has 0 aliphatic heterocycles. The summed E-state index contributed by atoms with van der Waals surface area (Å²) in [7, 11) is 0. The zero-order valence-electron chi connectivity index (χ0n) is 13.9. The maximum atomic E-state index is 12.2. The van der Waals surface area contributed by atoms with Crippen molar-refractivity contribution in [2.24, 2.45) is 0 Å². The third-order valence-electron chi connectivity index (χ3n) is 3.64. The Hall–Kier alpha value is -2.83. The number of nitrogens with one attached hydrogen (secondary N) is 3. The van der Waals surface area contributed by atoms with Crippen LogP contribution >= 0.6 is 23.8 Å². The molecule has 0 aliphatic carbocycles. The van der Waals surface area contributed by atoms with Crippen LogP contribution in [-0.2, 0) is 0 Å². The van der Waals surface area contributed by atoms with E-state index in [-0.39, 0.29) is 10.9 Å². The lowest BCUT2D eigenvalue weighted by Gasteiger charge is -2.12. The summed E-state index contributed by atoms with van der Waals surface area (Å²) in [5.74, 6) is 0.313. The summed E-state index contributed by atoms with van der Waals surface area (Å²) < 4.78 is 5.58. The molecule has 0 bridgehead atoms. The molecule has 0 fully saturated rings. The fourth-order valence-corrected chi connectivity index (χ4v) is 2.56. The van der Waals surface area contributed by atoms with Gasteiger partial charge in [0.25, 0.3) is 0 Å². The molecule has 7 heteroatoms. The summed E-state index contributed by atoms with van der Waals surface area (Å²) in [4.78, 5) is 12.2. The molecular weight excluding hydrogens is 370 g/mol. The summed E-state index contributed by atoms with van der Waals surface area (Å²) in [6.45, 7) is 1.96. The van der Waals surface area contributed by atoms with E-state index in [1.807, 2.05) is 43.3 Å². The molecule has 2 aromatic carbocycles. The summed E-state index contributed by atoms with van der Waals surface area (Å²) in [5, 5.41) is 3.93. The lowest BCUT2D eigenvalue weighted by atomic mass is 10.2. The normalized spacial score (nSPS) is 10.2. The Bertz CT molecular complexity index is 938. The molecule has 3 aromatic rings. The van der Waals surface area contributed by atoms with Crippen LogP contribution in [0.15, 0.2) is 65.1 Å². The average Bonchev–Trinajstić information content (AvgIpc) is 3.12. The van der Waals surface area contributed by atoms with Crippen LogP contribution < -0.4 is 16.2 Å². The van der Waals surface area contributed by atoms with Gasteiger partial charge in [0.15, 0.2) is 10.9 Å². The van der Waals surface area contributed by atoms with Crippen molar-refractivity contribution in [3.05, 3.63) is 77.0 Å². The number of thiocarbonyl (C=S) groups is 1. The van der Waals surface area contributed by atoms with E-state index in [9.17, 15) is 4.79 Å². The van der Waals surface area contributed by atoms with Crippen molar-refractivity contribution in [2.75, 3.05) is 5.32 Å². The second-order valence-electron chi connectivity index (χ2n) is 5.52. The van der Waals surface area contributed by atoms with Crippen molar-refractivity contribution >= 4 is 40.5 Å². The molecule has 0 radical (unpaired) electrons. The number of halogens is 1. The van der Waals surface area contributed by atoms with E-state index < -0.39 is 5.91 Å². The van der Waals surface area contributed by atoms with Gasteiger partial charge in [0, 0.05) is 16.3 Å². The molecule has 5 nitrogen and oxygen atoms in total. The zero-order chi connectivity index (χ0) is 18.5. The largest absolute Gasteiger partial charge is 0.451 e. The van der Waals surface area contributed by atoms with E-state index in [4.69, 9.17) is 28.2 Å². The second-order valence-corrected chi connectivity index (χ2v) is 6.36. The van der Waals surface area contributed by atoms with Gasteiger partial charge in [-0.1, -0.05) is 29.8 Å². The van der Waals surface area contributed by atoms with Crippen LogP contribution in [0.3, 0.4) is 0 Å². The van der Waals surface area contributed by atoms with Gasteiger partial charge in [0.1, 0.15) is 5.76 Å². The lowest BCUT2D eigenvalue weighted by molar-refractivity contribution is 0.0917. The molecule has 26 heavy (non-hydrogen) atoms. The number of hydrogen-bond acceptors (Lipinski definition) is 3. The van der Waals surface area contributed by atoms with Crippen molar-refractivity contribution < 1.29 is 9.21 Å². The third-order valence-corrected chi connectivity index (χ3v) is 4.10. The van der Waals surface area contributed by atoms with Gasteiger partial charge in [-0.3, -0.25) is 15.6 Å². The van der Waals surface area contributed by atoms with Gasteiger partial charge in [-0.05, 0) is 67.2 Å². The van der Waals surface area contributed by atoms with Crippen LogP contribution in [0.4, 0.5) is 5.69 Å². The van der Waals surface area contributed by atoms with Crippen molar-refractivity contribution in [3.63, 3.8) is 0 Å². The number of carbonyl (C=O) groups excluding carboxylic acids is 1. The number of amides is 1. The molecule has 1 aromatic heterocycles. The number of carbonyl (C=O) groups is 1. The fourth-order valence-electron chi connectivity index (χ4n) is 2.27. The number of anilines is 1. The van der Waals surface area contributed by atoms with Crippen LogP contribution in [0.25, 0.3) is 11.3 Å². The van der Waals surface area contributed by atoms with E-state index in [1.165, 1.54) is 0 Å². The predicted octanol–water partition coefficient (Wildman–Crippen LogP) is 4.54. The topological polar surface area (TPSA) is 66.3 Å². The Kier molecular flexibility index (Phi) is 5.55. The summed E-state index contributed by atoms with van der Waals surface area (Å²) >= 11 is 11.1. The number of benzene rings is 2. The minimum absolute atomic E-state index is 0.168. The number of hydrazine groups is 1. The maximum Gasteiger partial charge on any atom is 0.305 e. The van der Waals surface area contributed by atoms with Gasteiger partial charge >= 0.3 is 5.91 Å². The SMILES string of the molecule is Cc1ccccc1NC(=S)NNC(=O)c1ccc(-c2ccc(Cl)cc2)o1. The van der Waals surface area contributed by atoms with Crippen molar-refractivity contribution in [3.8, 4) is 11.3 Å². The van der Waals surface area contributed by atoms with Gasteiger partial charge in [-0.2, -0.15) is 0 Å². The maximum absolute atomic E-state index is 12.2. The Morgan fingerprint density at radius 3 is 2.46 bits per heavy atom. The van der Waals surface area contributed by atoms with Crippen LogP contribution in [0.2, 0.25) is 5.02 Å². The number of para-hydroxylation sites is 1. The molecule has 0 spiro atoms. The number of aryl methyl sites for hydroxylation is 1. The Balaban J connectivity index is 1.58. The van der Waals surface area contributed by atoms with Crippen molar-refractivity contribution in [2.45, 2.75) is 6.92 Å². The van der Waals surface area contributed by atoms with Gasteiger partial charge in [0.05, 0.1) is 0 Å². The van der Waals surface area contributed by atoms with Crippen LogP contribution in [0.5, 0.6) is 0 Å². The molecule has 1 heterocycles. The molecule has 132 valence electrons. The van der Waals surface area contributed by atoms with Crippen molar-refractivity contribution in [1.82, 2.24) is 10.9 Å². The highest BCUT2D eigenvalue weighted by Crippen LogP contribution is 2.23. The lowest BCUT2D eigenvalue weighted by Crippen LogP contribution is -2.43.